The molecule has 0 amide bonds. The van der Waals surface area contributed by atoms with E-state index in [9.17, 15) is 43.2 Å². The summed E-state index contributed by atoms with van der Waals surface area (Å²) < 4.78 is 137. The number of alkyl halides is 6. The van der Waals surface area contributed by atoms with Gasteiger partial charge in [-0.2, -0.15) is 18.4 Å². The molecule has 0 saturated carbocycles. The van der Waals surface area contributed by atoms with Gasteiger partial charge in [-0.15, -0.1) is 24.5 Å². The van der Waals surface area contributed by atoms with Crippen molar-refractivity contribution in [3.05, 3.63) is 89.3 Å². The van der Waals surface area contributed by atoms with Gasteiger partial charge in [0.05, 0.1) is 26.7 Å². The van der Waals surface area contributed by atoms with Crippen LogP contribution in [0.4, 0.5) is 37.7 Å². The number of thiophene rings is 1. The minimum atomic E-state index is -5.02. The molecule has 4 aromatic rings. The lowest BCUT2D eigenvalue weighted by Crippen LogP contribution is -2.19. The van der Waals surface area contributed by atoms with E-state index in [0.717, 1.165) is 53.8 Å². The van der Waals surface area contributed by atoms with Crippen LogP contribution in [0, 0.1) is 11.3 Å². The summed E-state index contributed by atoms with van der Waals surface area (Å²) in [5.74, 6) is -0.691. The van der Waals surface area contributed by atoms with Gasteiger partial charge in [0.25, 0.3) is 20.0 Å². The fraction of sp³-hybridized carbons (Fsp3) is 0.0800. The molecule has 8 nitrogen and oxygen atoms in total. The van der Waals surface area contributed by atoms with Crippen LogP contribution in [-0.4, -0.2) is 23.2 Å². The molecule has 0 fully saturated rings. The molecule has 4 rings (SSSR count). The molecule has 0 spiro atoms. The molecule has 0 bridgehead atoms. The highest BCUT2D eigenvalue weighted by molar-refractivity contribution is 7.93. The molecule has 0 atom stereocenters. The van der Waals surface area contributed by atoms with Gasteiger partial charge in [-0.25, -0.2) is 16.8 Å². The number of anilines is 2. The van der Waals surface area contributed by atoms with E-state index in [0.29, 0.717) is 27.5 Å². The van der Waals surface area contributed by atoms with E-state index in [-0.39, 0.29) is 11.4 Å². The molecule has 0 aliphatic carbocycles. The molecule has 0 saturated heterocycles. The van der Waals surface area contributed by atoms with Gasteiger partial charge >= 0.3 is 12.5 Å². The largest absolute Gasteiger partial charge is 0.573 e. The Labute approximate surface area is 238 Å². The van der Waals surface area contributed by atoms with Crippen LogP contribution in [0.2, 0.25) is 0 Å². The third kappa shape index (κ3) is 7.32. The van der Waals surface area contributed by atoms with E-state index < -0.39 is 53.7 Å². The highest BCUT2D eigenvalue weighted by atomic mass is 32.2. The maximum absolute atomic E-state index is 13.2. The van der Waals surface area contributed by atoms with Crippen molar-refractivity contribution in [1.29, 1.82) is 5.26 Å². The van der Waals surface area contributed by atoms with Crippen molar-refractivity contribution < 1.29 is 47.9 Å². The van der Waals surface area contributed by atoms with Gasteiger partial charge in [-0.1, -0.05) is 12.1 Å². The second-order valence-electron chi connectivity index (χ2n) is 8.29. The van der Waals surface area contributed by atoms with Crippen molar-refractivity contribution in [1.82, 2.24) is 0 Å². The lowest BCUT2D eigenvalue weighted by molar-refractivity contribution is -0.274. The highest BCUT2D eigenvalue weighted by Crippen LogP contribution is 2.36. The monoisotopic (exact) mass is 647 g/mol. The Balaban J connectivity index is 1.74. The second kappa shape index (κ2) is 11.2. The molecule has 0 aliphatic heterocycles. The molecule has 0 aliphatic rings. The summed E-state index contributed by atoms with van der Waals surface area (Å²) in [5.41, 5.74) is -1.64. The van der Waals surface area contributed by atoms with Crippen molar-refractivity contribution in [3.8, 4) is 22.3 Å². The van der Waals surface area contributed by atoms with E-state index in [2.05, 4.69) is 14.2 Å². The van der Waals surface area contributed by atoms with Crippen molar-refractivity contribution in [3.63, 3.8) is 0 Å². The third-order valence-electron chi connectivity index (χ3n) is 5.35. The summed E-state index contributed by atoms with van der Waals surface area (Å²) >= 11 is 1.05. The number of ether oxygens (including phenoxy) is 1. The van der Waals surface area contributed by atoms with Gasteiger partial charge in [0.1, 0.15) is 16.7 Å². The number of benzene rings is 3. The molecule has 220 valence electrons. The molecular formula is C25H15F6N3O5S3. The van der Waals surface area contributed by atoms with E-state index in [1.165, 1.54) is 18.2 Å². The third-order valence-corrected chi connectivity index (χ3v) is 9.13. The first-order valence-electron chi connectivity index (χ1n) is 11.2. The summed E-state index contributed by atoms with van der Waals surface area (Å²) in [6.07, 6.45) is -9.85. The lowest BCUT2D eigenvalue weighted by Gasteiger charge is -2.17. The molecule has 1 heterocycles. The molecule has 1 aromatic heterocycles. The van der Waals surface area contributed by atoms with Crippen LogP contribution < -0.4 is 14.2 Å². The Morgan fingerprint density at radius 2 is 1.38 bits per heavy atom. The van der Waals surface area contributed by atoms with Gasteiger partial charge in [0.15, 0.2) is 0 Å². The van der Waals surface area contributed by atoms with E-state index in [1.807, 2.05) is 6.07 Å². The lowest BCUT2D eigenvalue weighted by atomic mass is 10.1. The smallest absolute Gasteiger partial charge is 0.406 e. The Morgan fingerprint density at radius 3 is 1.98 bits per heavy atom. The normalized spacial score (nSPS) is 12.4. The maximum atomic E-state index is 13.2. The summed E-state index contributed by atoms with van der Waals surface area (Å²) in [6, 6.07) is 14.8. The predicted molar refractivity (Wildman–Crippen MR) is 141 cm³/mol. The molecular weight excluding hydrogens is 632 g/mol. The van der Waals surface area contributed by atoms with Crippen LogP contribution in [-0.2, 0) is 26.2 Å². The quantitative estimate of drug-likeness (QED) is 0.203. The summed E-state index contributed by atoms with van der Waals surface area (Å²) in [7, 11) is -9.25. The van der Waals surface area contributed by atoms with Crippen molar-refractivity contribution in [2.75, 3.05) is 9.44 Å². The SMILES string of the molecule is N#Cc1ccc(-c2ccc(NS(=O)(=O)c3cccc(C(F)(F)F)c3)c(NS(=O)(=O)c3ccc(OC(F)(F)F)cc3)c2)s1. The minimum Gasteiger partial charge on any atom is -0.406 e. The van der Waals surface area contributed by atoms with Crippen LogP contribution >= 0.6 is 11.3 Å². The summed E-state index contributed by atoms with van der Waals surface area (Å²) in [6.45, 7) is 0. The van der Waals surface area contributed by atoms with Crippen molar-refractivity contribution in [2.45, 2.75) is 22.3 Å². The molecule has 3 aromatic carbocycles. The van der Waals surface area contributed by atoms with Gasteiger partial charge in [-0.3, -0.25) is 9.44 Å². The van der Waals surface area contributed by atoms with Crippen LogP contribution in [0.5, 0.6) is 5.75 Å². The number of nitriles is 1. The summed E-state index contributed by atoms with van der Waals surface area (Å²) in [4.78, 5) is -0.458. The molecule has 0 unspecified atom stereocenters. The topological polar surface area (TPSA) is 125 Å². The zero-order chi connectivity index (χ0) is 30.9. The first kappa shape index (κ1) is 30.7. The van der Waals surface area contributed by atoms with Gasteiger partial charge in [0, 0.05) is 4.88 Å². The molecule has 0 radical (unpaired) electrons. The number of nitrogens with zero attached hydrogens (tertiary/aromatic N) is 1. The number of halogens is 6. The average Bonchev–Trinajstić information content (AvgIpc) is 3.38. The van der Waals surface area contributed by atoms with Crippen molar-refractivity contribution in [2.24, 2.45) is 0 Å². The Hall–Kier alpha value is -4.27. The number of hydrogen-bond donors (Lipinski definition) is 2. The van der Waals surface area contributed by atoms with Crippen LogP contribution in [0.1, 0.15) is 10.4 Å². The van der Waals surface area contributed by atoms with Crippen LogP contribution in [0.15, 0.2) is 88.7 Å². The first-order chi connectivity index (χ1) is 19.5. The van der Waals surface area contributed by atoms with Crippen molar-refractivity contribution >= 4 is 42.8 Å². The number of nitrogens with one attached hydrogen (secondary N) is 2. The zero-order valence-electron chi connectivity index (χ0n) is 20.5. The molecule has 42 heavy (non-hydrogen) atoms. The van der Waals surface area contributed by atoms with Gasteiger partial charge in [-0.05, 0) is 72.3 Å². The van der Waals surface area contributed by atoms with Crippen LogP contribution in [0.3, 0.4) is 0 Å². The highest BCUT2D eigenvalue weighted by Gasteiger charge is 2.32. The fourth-order valence-electron chi connectivity index (χ4n) is 3.49. The number of sulfonamides is 2. The van der Waals surface area contributed by atoms with E-state index in [1.54, 1.807) is 6.07 Å². The second-order valence-corrected chi connectivity index (χ2v) is 12.7. The Kier molecular flexibility index (Phi) is 8.18. The maximum Gasteiger partial charge on any atom is 0.573 e. The zero-order valence-corrected chi connectivity index (χ0v) is 22.9. The van der Waals surface area contributed by atoms with E-state index in [4.69, 9.17) is 5.26 Å². The Morgan fingerprint density at radius 1 is 0.738 bits per heavy atom. The minimum absolute atomic E-state index is 0.322. The predicted octanol–water partition coefficient (Wildman–Crippen LogP) is 6.81. The number of hydrogen-bond acceptors (Lipinski definition) is 7. The van der Waals surface area contributed by atoms with Gasteiger partial charge in [0.2, 0.25) is 0 Å². The van der Waals surface area contributed by atoms with Gasteiger partial charge < -0.3 is 4.74 Å². The van der Waals surface area contributed by atoms with E-state index >= 15 is 0 Å². The fourth-order valence-corrected chi connectivity index (χ4v) is 6.49. The Bertz CT molecular complexity index is 1880. The molecule has 2 N–H and O–H groups in total. The van der Waals surface area contributed by atoms with Crippen LogP contribution in [0.25, 0.3) is 10.4 Å². The molecule has 17 heteroatoms. The first-order valence-corrected chi connectivity index (χ1v) is 15.0. The standard InChI is InChI=1S/C25H15F6N3O5S3/c26-24(27,28)16-2-1-3-20(13-16)42(37,38)33-21-10-4-15(23-11-7-18(14-32)40-23)12-22(21)34-41(35,36)19-8-5-17(6-9-19)39-25(29,30)31/h1-13,33-34H. The average molecular weight is 648 g/mol. The number of rotatable bonds is 8. The summed E-state index contributed by atoms with van der Waals surface area (Å²) in [5, 5.41) is 9.11.